The van der Waals surface area contributed by atoms with E-state index in [9.17, 15) is 4.79 Å². The summed E-state index contributed by atoms with van der Waals surface area (Å²) in [6.07, 6.45) is 19.4. The second-order valence-electron chi connectivity index (χ2n) is 8.43. The summed E-state index contributed by atoms with van der Waals surface area (Å²) in [6.45, 7) is 31.1. The molecule has 0 aliphatic carbocycles. The summed E-state index contributed by atoms with van der Waals surface area (Å²) in [5, 5.41) is 3.19. The number of piperidine rings is 1. The Balaban J connectivity index is -0.000000177. The summed E-state index contributed by atoms with van der Waals surface area (Å²) < 4.78 is 5.29. The van der Waals surface area contributed by atoms with Crippen molar-refractivity contribution >= 4 is 36.2 Å². The van der Waals surface area contributed by atoms with Crippen molar-refractivity contribution < 1.29 is 9.53 Å². The predicted octanol–water partition coefficient (Wildman–Crippen LogP) is 9.39. The van der Waals surface area contributed by atoms with Crippen LogP contribution in [0, 0.1) is 0 Å². The molecule has 0 amide bonds. The average Bonchev–Trinajstić information content (AvgIpc) is 3.02. The van der Waals surface area contributed by atoms with E-state index in [0.717, 1.165) is 48.6 Å². The Morgan fingerprint density at radius 3 is 2.16 bits per heavy atom. The number of aliphatic imine (C=N–C) groups is 3. The summed E-state index contributed by atoms with van der Waals surface area (Å²) in [5.41, 5.74) is 2.75. The van der Waals surface area contributed by atoms with Crippen LogP contribution in [0.3, 0.4) is 0 Å². The molecule has 1 fully saturated rings. The lowest BCUT2D eigenvalue weighted by Gasteiger charge is -2.28. The Morgan fingerprint density at radius 2 is 1.70 bits per heavy atom. The highest BCUT2D eigenvalue weighted by Gasteiger charge is 2.16. The molecule has 1 aliphatic rings. The van der Waals surface area contributed by atoms with Gasteiger partial charge in [0.1, 0.15) is 18.7 Å². The normalized spacial score (nSPS) is 16.4. The zero-order chi connectivity index (χ0) is 35.2. The first-order chi connectivity index (χ1) is 21.1. The van der Waals surface area contributed by atoms with Crippen LogP contribution >= 0.6 is 11.6 Å². The third kappa shape index (κ3) is 39.1. The molecule has 254 valence electrons. The molecule has 0 aromatic rings. The van der Waals surface area contributed by atoms with Gasteiger partial charge in [0.05, 0.1) is 11.5 Å². The van der Waals surface area contributed by atoms with Crippen LogP contribution in [-0.4, -0.2) is 74.7 Å². The van der Waals surface area contributed by atoms with Crippen molar-refractivity contribution in [2.45, 2.75) is 100 Å². The second kappa shape index (κ2) is 42.3. The Hall–Kier alpha value is -2.87. The fraction of sp³-hybridized carbons (Fsp3) is 0.556. The van der Waals surface area contributed by atoms with Gasteiger partial charge in [-0.2, -0.15) is 0 Å². The largest absolute Gasteiger partial charge is 0.369 e. The molecule has 0 bridgehead atoms. The number of rotatable bonds is 11. The minimum absolute atomic E-state index is 0.0530. The van der Waals surface area contributed by atoms with E-state index in [-0.39, 0.29) is 18.1 Å². The standard InChI is InChI=1S/C16H24ClN3.C8H15NO2.C6H9N.3C2H6/c1-7-9-14(5)19-16(12(3)11-18-8-2)20-15(6)10-13(4)17;1-9-4-2-3-8(7-9)11-6-5-10;1-3-4-5-6-7-2;3*1-2/h7-11,13H,1H2,2-6H3,(H,19,20);5,8H,2-4,6-7H2,1H3;3-6H,1H2,2H3;3*1-2H3/b12-11+,14-9+,15-10+,18-8?;;5-4-,7-6?;;;. The van der Waals surface area contributed by atoms with Crippen LogP contribution in [-0.2, 0) is 9.53 Å². The zero-order valence-electron chi connectivity index (χ0n) is 30.4. The van der Waals surface area contributed by atoms with E-state index in [1.807, 2.05) is 100 Å². The molecule has 0 saturated carbocycles. The van der Waals surface area contributed by atoms with Crippen LogP contribution in [0.2, 0.25) is 0 Å². The van der Waals surface area contributed by atoms with E-state index in [2.05, 4.69) is 45.4 Å². The van der Waals surface area contributed by atoms with Gasteiger partial charge in [0.2, 0.25) is 0 Å². The highest BCUT2D eigenvalue weighted by atomic mass is 35.5. The van der Waals surface area contributed by atoms with E-state index in [1.54, 1.807) is 37.8 Å². The number of carbonyl (C=O) groups excluding carboxylic acids is 1. The Kier molecular flexibility index (Phi) is 48.7. The average molecular weight is 636 g/mol. The van der Waals surface area contributed by atoms with Crippen molar-refractivity contribution in [3.63, 3.8) is 0 Å². The number of likely N-dealkylation sites (N-methyl/N-ethyl adjacent to an activating group) is 1. The molecule has 0 spiro atoms. The van der Waals surface area contributed by atoms with Crippen LogP contribution < -0.4 is 5.32 Å². The van der Waals surface area contributed by atoms with E-state index < -0.39 is 0 Å². The number of aldehydes is 1. The first-order valence-corrected chi connectivity index (χ1v) is 16.1. The number of ether oxygens (including phenoxy) is 1. The number of alkyl halides is 1. The van der Waals surface area contributed by atoms with E-state index in [4.69, 9.17) is 16.3 Å². The second-order valence-corrected chi connectivity index (χ2v) is 9.12. The van der Waals surface area contributed by atoms with Gasteiger partial charge in [-0.05, 0) is 79.3 Å². The first kappa shape index (κ1) is 50.7. The number of allylic oxidation sites excluding steroid dienone is 8. The van der Waals surface area contributed by atoms with Gasteiger partial charge in [-0.3, -0.25) is 9.98 Å². The van der Waals surface area contributed by atoms with Gasteiger partial charge >= 0.3 is 0 Å². The van der Waals surface area contributed by atoms with Crippen molar-refractivity contribution in [3.8, 4) is 0 Å². The van der Waals surface area contributed by atoms with Crippen LogP contribution in [0.25, 0.3) is 0 Å². The molecular weight excluding hydrogens is 570 g/mol. The number of hydrogen-bond acceptors (Lipinski definition) is 6. The number of amidine groups is 1. The fourth-order valence-electron chi connectivity index (χ4n) is 3.06. The lowest BCUT2D eigenvalue weighted by atomic mass is 10.1. The molecule has 1 heterocycles. The van der Waals surface area contributed by atoms with Gasteiger partial charge in [-0.15, -0.1) is 11.6 Å². The number of carbonyl (C=O) groups is 1. The fourth-order valence-corrected chi connectivity index (χ4v) is 3.24. The van der Waals surface area contributed by atoms with E-state index >= 15 is 0 Å². The van der Waals surface area contributed by atoms with Gasteiger partial charge in [0.15, 0.2) is 0 Å². The van der Waals surface area contributed by atoms with Crippen molar-refractivity contribution in [3.05, 3.63) is 72.8 Å². The third-order valence-electron chi connectivity index (χ3n) is 4.70. The third-order valence-corrected chi connectivity index (χ3v) is 4.82. The molecule has 8 heteroatoms. The molecule has 44 heavy (non-hydrogen) atoms. The number of nitrogens with zero attached hydrogens (tertiary/aromatic N) is 4. The minimum atomic E-state index is -0.0530. The highest BCUT2D eigenvalue weighted by molar-refractivity contribution is 6.21. The molecule has 0 aromatic heterocycles. The van der Waals surface area contributed by atoms with Crippen LogP contribution in [0.15, 0.2) is 87.8 Å². The van der Waals surface area contributed by atoms with Crippen molar-refractivity contribution in [2.75, 3.05) is 33.8 Å². The smallest absolute Gasteiger partial charge is 0.145 e. The summed E-state index contributed by atoms with van der Waals surface area (Å²) in [6, 6.07) is 0. The van der Waals surface area contributed by atoms with Crippen LogP contribution in [0.5, 0.6) is 0 Å². The maximum atomic E-state index is 9.99. The molecule has 1 rings (SSSR count). The molecule has 0 aromatic carbocycles. The van der Waals surface area contributed by atoms with Crippen molar-refractivity contribution in [2.24, 2.45) is 15.0 Å². The van der Waals surface area contributed by atoms with Gasteiger partial charge in [-0.25, -0.2) is 4.99 Å². The molecule has 7 nitrogen and oxygen atoms in total. The highest BCUT2D eigenvalue weighted by Crippen LogP contribution is 2.10. The monoisotopic (exact) mass is 635 g/mol. The molecule has 2 unspecified atom stereocenters. The Morgan fingerprint density at radius 1 is 1.09 bits per heavy atom. The summed E-state index contributed by atoms with van der Waals surface area (Å²) >= 11 is 5.95. The number of hydrogen-bond donors (Lipinski definition) is 1. The van der Waals surface area contributed by atoms with Crippen LogP contribution in [0.4, 0.5) is 0 Å². The summed E-state index contributed by atoms with van der Waals surface area (Å²) in [7, 11) is 3.81. The van der Waals surface area contributed by atoms with E-state index in [0.29, 0.717) is 0 Å². The molecule has 1 aliphatic heterocycles. The lowest BCUT2D eigenvalue weighted by molar-refractivity contribution is -0.114. The van der Waals surface area contributed by atoms with Gasteiger partial charge < -0.3 is 19.7 Å². The Labute approximate surface area is 277 Å². The van der Waals surface area contributed by atoms with Gasteiger partial charge in [0, 0.05) is 49.2 Å². The molecule has 0 radical (unpaired) electrons. The van der Waals surface area contributed by atoms with Crippen molar-refractivity contribution in [1.82, 2.24) is 10.2 Å². The number of nitrogens with one attached hydrogen (secondary N) is 1. The first-order valence-electron chi connectivity index (χ1n) is 15.7. The SMILES string of the molecule is C=C/C=C(\C)NC(=N\C(C)=C\C(C)Cl)/C(C)=C/N=CC.C=C/C=C\C=NC.CC.CC.CC.CN1CCCC(OCC=O)C1. The minimum Gasteiger partial charge on any atom is -0.369 e. The van der Waals surface area contributed by atoms with Crippen LogP contribution in [0.1, 0.15) is 89.0 Å². The molecule has 2 atom stereocenters. The maximum Gasteiger partial charge on any atom is 0.145 e. The lowest BCUT2D eigenvalue weighted by Crippen LogP contribution is -2.37. The predicted molar refractivity (Wildman–Crippen MR) is 202 cm³/mol. The topological polar surface area (TPSA) is 78.7 Å². The zero-order valence-corrected chi connectivity index (χ0v) is 31.1. The molecule has 1 saturated heterocycles. The number of likely N-dealkylation sites (tertiary alicyclic amines) is 1. The van der Waals surface area contributed by atoms with Crippen molar-refractivity contribution in [1.29, 1.82) is 0 Å². The van der Waals surface area contributed by atoms with E-state index in [1.165, 1.54) is 6.42 Å². The quantitative estimate of drug-likeness (QED) is 0.0806. The summed E-state index contributed by atoms with van der Waals surface area (Å²) in [4.78, 5) is 24.6. The molecule has 1 N–H and O–H groups in total. The maximum absolute atomic E-state index is 9.99. The molecular formula is C36H66ClN5O2. The van der Waals surface area contributed by atoms with Gasteiger partial charge in [0.25, 0.3) is 0 Å². The summed E-state index contributed by atoms with van der Waals surface area (Å²) in [5.74, 6) is 0.747. The number of halogens is 1. The van der Waals surface area contributed by atoms with Gasteiger partial charge in [-0.1, -0.05) is 72.9 Å². The Bertz CT molecular complexity index is 885.